The molecule has 6 heteroatoms. The highest BCUT2D eigenvalue weighted by Crippen LogP contribution is 2.25. The van der Waals surface area contributed by atoms with E-state index in [1.54, 1.807) is 18.3 Å². The zero-order valence-corrected chi connectivity index (χ0v) is 11.2. The van der Waals surface area contributed by atoms with E-state index in [4.69, 9.17) is 0 Å². The highest BCUT2D eigenvalue weighted by atomic mass is 32.1. The van der Waals surface area contributed by atoms with E-state index in [9.17, 15) is 13.2 Å². The average molecular weight is 266 g/mol. The van der Waals surface area contributed by atoms with Crippen molar-refractivity contribution in [1.82, 2.24) is 10.3 Å². The van der Waals surface area contributed by atoms with Crippen molar-refractivity contribution in [2.45, 2.75) is 52.4 Å². The van der Waals surface area contributed by atoms with Gasteiger partial charge in [0.1, 0.15) is 0 Å². The van der Waals surface area contributed by atoms with Gasteiger partial charge in [-0.15, -0.1) is 11.3 Å². The number of aryl methyl sites for hydroxylation is 2. The molecule has 0 radical (unpaired) electrons. The SMILES string of the molecule is Cc1nc(C(C)NC(C)CC(F)(F)F)c(C)s1. The van der Waals surface area contributed by atoms with Crippen LogP contribution < -0.4 is 5.32 Å². The molecule has 0 fully saturated rings. The first-order valence-electron chi connectivity index (χ1n) is 5.45. The number of hydrogen-bond acceptors (Lipinski definition) is 3. The Balaban J connectivity index is 2.60. The zero-order valence-electron chi connectivity index (χ0n) is 10.4. The fourth-order valence-electron chi connectivity index (χ4n) is 1.86. The van der Waals surface area contributed by atoms with Crippen molar-refractivity contribution < 1.29 is 13.2 Å². The van der Waals surface area contributed by atoms with Crippen LogP contribution in [0.15, 0.2) is 0 Å². The number of rotatable bonds is 4. The van der Waals surface area contributed by atoms with Crippen LogP contribution in [0.4, 0.5) is 13.2 Å². The summed E-state index contributed by atoms with van der Waals surface area (Å²) in [6.45, 7) is 7.21. The first-order chi connectivity index (χ1) is 7.69. The molecule has 2 atom stereocenters. The predicted octanol–water partition coefficient (Wildman–Crippen LogP) is 3.75. The molecule has 1 heterocycles. The van der Waals surface area contributed by atoms with Crippen LogP contribution in [0.3, 0.4) is 0 Å². The second-order valence-corrected chi connectivity index (χ2v) is 5.69. The predicted molar refractivity (Wildman–Crippen MR) is 63.3 cm³/mol. The molecular formula is C11H17F3N2S. The molecule has 2 nitrogen and oxygen atoms in total. The molecule has 1 aromatic rings. The van der Waals surface area contributed by atoms with Gasteiger partial charge in [0.05, 0.1) is 17.1 Å². The van der Waals surface area contributed by atoms with Gasteiger partial charge in [0, 0.05) is 17.0 Å². The zero-order chi connectivity index (χ0) is 13.2. The smallest absolute Gasteiger partial charge is 0.306 e. The molecule has 17 heavy (non-hydrogen) atoms. The Morgan fingerprint density at radius 1 is 1.29 bits per heavy atom. The van der Waals surface area contributed by atoms with Crippen molar-refractivity contribution >= 4 is 11.3 Å². The monoisotopic (exact) mass is 266 g/mol. The topological polar surface area (TPSA) is 24.9 Å². The summed E-state index contributed by atoms with van der Waals surface area (Å²) in [6.07, 6.45) is -4.95. The summed E-state index contributed by atoms with van der Waals surface area (Å²) in [5.41, 5.74) is 0.849. The molecule has 98 valence electrons. The molecule has 1 N–H and O–H groups in total. The molecule has 0 saturated carbocycles. The molecule has 0 saturated heterocycles. The van der Waals surface area contributed by atoms with Gasteiger partial charge in [-0.3, -0.25) is 0 Å². The molecule has 0 amide bonds. The molecule has 0 aliphatic carbocycles. The lowest BCUT2D eigenvalue weighted by atomic mass is 10.1. The largest absolute Gasteiger partial charge is 0.390 e. The summed E-state index contributed by atoms with van der Waals surface area (Å²) in [5, 5.41) is 3.87. The van der Waals surface area contributed by atoms with Crippen molar-refractivity contribution in [3.8, 4) is 0 Å². The van der Waals surface area contributed by atoms with Crippen molar-refractivity contribution in [3.05, 3.63) is 15.6 Å². The van der Waals surface area contributed by atoms with Gasteiger partial charge in [0.15, 0.2) is 0 Å². The van der Waals surface area contributed by atoms with Crippen molar-refractivity contribution in [2.75, 3.05) is 0 Å². The van der Waals surface area contributed by atoms with Crippen LogP contribution in [0.1, 0.15) is 41.9 Å². The fraction of sp³-hybridized carbons (Fsp3) is 0.727. The molecule has 0 aliphatic rings. The summed E-state index contributed by atoms with van der Waals surface area (Å²) in [7, 11) is 0. The van der Waals surface area contributed by atoms with Crippen molar-refractivity contribution in [2.24, 2.45) is 0 Å². The normalized spacial score (nSPS) is 15.9. The van der Waals surface area contributed by atoms with Crippen molar-refractivity contribution in [1.29, 1.82) is 0 Å². The van der Waals surface area contributed by atoms with Gasteiger partial charge in [0.25, 0.3) is 0 Å². The van der Waals surface area contributed by atoms with E-state index in [0.29, 0.717) is 0 Å². The maximum atomic E-state index is 12.2. The van der Waals surface area contributed by atoms with Crippen molar-refractivity contribution in [3.63, 3.8) is 0 Å². The Morgan fingerprint density at radius 3 is 2.29 bits per heavy atom. The Bertz CT molecular complexity index is 373. The van der Waals surface area contributed by atoms with E-state index in [1.165, 1.54) is 0 Å². The summed E-state index contributed by atoms with van der Waals surface area (Å²) in [5.74, 6) is 0. The van der Waals surface area contributed by atoms with Crippen LogP contribution in [-0.4, -0.2) is 17.2 Å². The average Bonchev–Trinajstić information content (AvgIpc) is 2.41. The highest BCUT2D eigenvalue weighted by Gasteiger charge is 2.30. The Morgan fingerprint density at radius 2 is 1.88 bits per heavy atom. The second-order valence-electron chi connectivity index (χ2n) is 4.28. The van der Waals surface area contributed by atoms with Crippen LogP contribution in [0.25, 0.3) is 0 Å². The minimum atomic E-state index is -4.13. The standard InChI is InChI=1S/C11H17F3N2S/c1-6(5-11(12,13)14)15-7(2)10-8(3)17-9(4)16-10/h6-7,15H,5H2,1-4H3. The van der Waals surface area contributed by atoms with Gasteiger partial charge in [-0.1, -0.05) is 0 Å². The number of aromatic nitrogens is 1. The maximum Gasteiger partial charge on any atom is 0.390 e. The lowest BCUT2D eigenvalue weighted by Gasteiger charge is -2.20. The van der Waals surface area contributed by atoms with E-state index in [2.05, 4.69) is 10.3 Å². The van der Waals surface area contributed by atoms with Crippen LogP contribution in [0.5, 0.6) is 0 Å². The van der Waals surface area contributed by atoms with E-state index >= 15 is 0 Å². The molecule has 1 aromatic heterocycles. The highest BCUT2D eigenvalue weighted by molar-refractivity contribution is 7.11. The number of hydrogen-bond donors (Lipinski definition) is 1. The summed E-state index contributed by atoms with van der Waals surface area (Å²) < 4.78 is 36.6. The van der Waals surface area contributed by atoms with Crippen LogP contribution in [0, 0.1) is 13.8 Å². The molecule has 0 aromatic carbocycles. The fourth-order valence-corrected chi connectivity index (χ4v) is 2.77. The minimum absolute atomic E-state index is 0.155. The number of thiazole rings is 1. The Hall–Kier alpha value is -0.620. The number of nitrogens with one attached hydrogen (secondary N) is 1. The van der Waals surface area contributed by atoms with E-state index in [1.807, 2.05) is 20.8 Å². The second kappa shape index (κ2) is 5.35. The maximum absolute atomic E-state index is 12.2. The number of halogens is 3. The van der Waals surface area contributed by atoms with Gasteiger partial charge < -0.3 is 5.32 Å². The van der Waals surface area contributed by atoms with Gasteiger partial charge in [-0.25, -0.2) is 4.98 Å². The van der Waals surface area contributed by atoms with Gasteiger partial charge in [-0.05, 0) is 27.7 Å². The van der Waals surface area contributed by atoms with E-state index in [-0.39, 0.29) is 6.04 Å². The van der Waals surface area contributed by atoms with Gasteiger partial charge in [-0.2, -0.15) is 13.2 Å². The third kappa shape index (κ3) is 4.63. The first-order valence-corrected chi connectivity index (χ1v) is 6.27. The summed E-state index contributed by atoms with van der Waals surface area (Å²) >= 11 is 1.56. The van der Waals surface area contributed by atoms with E-state index in [0.717, 1.165) is 15.6 Å². The lowest BCUT2D eigenvalue weighted by molar-refractivity contribution is -0.139. The molecule has 1 rings (SSSR count). The minimum Gasteiger partial charge on any atom is -0.306 e. The molecule has 2 unspecified atom stereocenters. The molecule has 0 bridgehead atoms. The number of nitrogens with zero attached hydrogens (tertiary/aromatic N) is 1. The quantitative estimate of drug-likeness (QED) is 0.897. The Kier molecular flexibility index (Phi) is 4.55. The van der Waals surface area contributed by atoms with Crippen LogP contribution in [-0.2, 0) is 0 Å². The van der Waals surface area contributed by atoms with E-state index < -0.39 is 18.6 Å². The third-order valence-corrected chi connectivity index (χ3v) is 3.32. The van der Waals surface area contributed by atoms with Crippen LogP contribution in [0.2, 0.25) is 0 Å². The summed E-state index contributed by atoms with van der Waals surface area (Å²) in [4.78, 5) is 5.39. The summed E-state index contributed by atoms with van der Waals surface area (Å²) in [6, 6.07) is -0.760. The van der Waals surface area contributed by atoms with Crippen LogP contribution >= 0.6 is 11.3 Å². The third-order valence-electron chi connectivity index (χ3n) is 2.42. The lowest BCUT2D eigenvalue weighted by Crippen LogP contribution is -2.33. The van der Waals surface area contributed by atoms with Gasteiger partial charge in [0.2, 0.25) is 0 Å². The first kappa shape index (κ1) is 14.4. The number of alkyl halides is 3. The molecule has 0 spiro atoms. The molecular weight excluding hydrogens is 249 g/mol. The van der Waals surface area contributed by atoms with Gasteiger partial charge >= 0.3 is 6.18 Å². The Labute approximate surface area is 103 Å². The molecule has 0 aliphatic heterocycles.